The predicted octanol–water partition coefficient (Wildman–Crippen LogP) is 1.56. The zero-order chi connectivity index (χ0) is 15.1. The van der Waals surface area contributed by atoms with Gasteiger partial charge < -0.3 is 10.2 Å². The smallest absolute Gasteiger partial charge is 0.0558 e. The quantitative estimate of drug-likeness (QED) is 0.705. The lowest BCUT2D eigenvalue weighted by Crippen LogP contribution is -2.53. The van der Waals surface area contributed by atoms with Gasteiger partial charge in [0, 0.05) is 30.7 Å². The molecule has 0 saturated heterocycles. The Morgan fingerprint density at radius 2 is 1.11 bits per heavy atom. The molecule has 0 spiro atoms. The number of aliphatic hydroxyl groups excluding tert-OH is 2. The monoisotopic (exact) mass is 274 g/mol. The second-order valence-electron chi connectivity index (χ2n) is 7.14. The third kappa shape index (κ3) is 7.88. The van der Waals surface area contributed by atoms with E-state index in [1.165, 1.54) is 0 Å². The van der Waals surface area contributed by atoms with Gasteiger partial charge in [0.2, 0.25) is 0 Å². The minimum absolute atomic E-state index is 0.150. The predicted molar refractivity (Wildman–Crippen MR) is 81.4 cm³/mol. The van der Waals surface area contributed by atoms with E-state index in [2.05, 4.69) is 51.3 Å². The molecule has 0 aromatic heterocycles. The van der Waals surface area contributed by atoms with Gasteiger partial charge in [0.1, 0.15) is 0 Å². The standard InChI is InChI=1S/C15H34N2O2/c1-14(2,3)17(15(4,5)6)9-7-8-16(10-12-18)11-13-19/h18-19H,7-13H2,1-6H3. The molecule has 0 saturated carbocycles. The summed E-state index contributed by atoms with van der Waals surface area (Å²) in [6, 6.07) is 0. The van der Waals surface area contributed by atoms with Gasteiger partial charge in [-0.3, -0.25) is 9.80 Å². The number of rotatable bonds is 8. The van der Waals surface area contributed by atoms with Crippen LogP contribution in [0.25, 0.3) is 0 Å². The van der Waals surface area contributed by atoms with E-state index in [0.29, 0.717) is 13.1 Å². The van der Waals surface area contributed by atoms with Crippen molar-refractivity contribution in [3.05, 3.63) is 0 Å². The topological polar surface area (TPSA) is 46.9 Å². The van der Waals surface area contributed by atoms with Gasteiger partial charge in [-0.05, 0) is 54.5 Å². The highest BCUT2D eigenvalue weighted by atomic mass is 16.3. The van der Waals surface area contributed by atoms with Crippen molar-refractivity contribution in [1.82, 2.24) is 9.80 Å². The maximum Gasteiger partial charge on any atom is 0.0558 e. The van der Waals surface area contributed by atoms with Crippen LogP contribution in [-0.2, 0) is 0 Å². The Morgan fingerprint density at radius 3 is 1.42 bits per heavy atom. The highest BCUT2D eigenvalue weighted by Gasteiger charge is 2.30. The molecule has 0 aliphatic rings. The highest BCUT2D eigenvalue weighted by molar-refractivity contribution is 4.86. The second-order valence-corrected chi connectivity index (χ2v) is 7.14. The van der Waals surface area contributed by atoms with Crippen molar-refractivity contribution in [2.45, 2.75) is 59.0 Å². The maximum atomic E-state index is 9.00. The summed E-state index contributed by atoms with van der Waals surface area (Å²) in [5, 5.41) is 18.0. The summed E-state index contributed by atoms with van der Waals surface area (Å²) in [6.07, 6.45) is 1.05. The third-order valence-electron chi connectivity index (χ3n) is 3.31. The lowest BCUT2D eigenvalue weighted by atomic mass is 9.95. The summed E-state index contributed by atoms with van der Waals surface area (Å²) < 4.78 is 0. The van der Waals surface area contributed by atoms with Crippen molar-refractivity contribution < 1.29 is 10.2 Å². The Kier molecular flexibility index (Phi) is 8.13. The average molecular weight is 274 g/mol. The van der Waals surface area contributed by atoms with Crippen LogP contribution in [0.2, 0.25) is 0 Å². The first-order chi connectivity index (χ1) is 8.62. The van der Waals surface area contributed by atoms with Crippen LogP contribution in [0.5, 0.6) is 0 Å². The van der Waals surface area contributed by atoms with Crippen LogP contribution < -0.4 is 0 Å². The first-order valence-corrected chi connectivity index (χ1v) is 7.34. The first kappa shape index (κ1) is 18.8. The van der Waals surface area contributed by atoms with Crippen LogP contribution in [-0.4, -0.2) is 70.5 Å². The Morgan fingerprint density at radius 1 is 0.684 bits per heavy atom. The van der Waals surface area contributed by atoms with E-state index in [1.54, 1.807) is 0 Å². The van der Waals surface area contributed by atoms with Gasteiger partial charge in [0.25, 0.3) is 0 Å². The van der Waals surface area contributed by atoms with Crippen molar-refractivity contribution in [3.63, 3.8) is 0 Å². The van der Waals surface area contributed by atoms with Gasteiger partial charge in [-0.15, -0.1) is 0 Å². The summed E-state index contributed by atoms with van der Waals surface area (Å²) in [7, 11) is 0. The van der Waals surface area contributed by atoms with Crippen molar-refractivity contribution in [2.75, 3.05) is 39.4 Å². The molecular formula is C15H34N2O2. The van der Waals surface area contributed by atoms with E-state index >= 15 is 0 Å². The van der Waals surface area contributed by atoms with Crippen molar-refractivity contribution in [1.29, 1.82) is 0 Å². The van der Waals surface area contributed by atoms with E-state index in [4.69, 9.17) is 10.2 Å². The highest BCUT2D eigenvalue weighted by Crippen LogP contribution is 2.24. The Balaban J connectivity index is 4.33. The minimum Gasteiger partial charge on any atom is -0.395 e. The van der Waals surface area contributed by atoms with Crippen molar-refractivity contribution in [3.8, 4) is 0 Å². The summed E-state index contributed by atoms with van der Waals surface area (Å²) in [5.41, 5.74) is 0.300. The lowest BCUT2D eigenvalue weighted by Gasteiger charge is -2.45. The fourth-order valence-corrected chi connectivity index (χ4v) is 2.75. The molecule has 116 valence electrons. The molecule has 0 aliphatic heterocycles. The maximum absolute atomic E-state index is 9.00. The molecule has 0 rings (SSSR count). The summed E-state index contributed by atoms with van der Waals surface area (Å²) >= 11 is 0. The molecule has 0 atom stereocenters. The van der Waals surface area contributed by atoms with Gasteiger partial charge in [0.05, 0.1) is 13.2 Å². The van der Waals surface area contributed by atoms with Crippen molar-refractivity contribution >= 4 is 0 Å². The average Bonchev–Trinajstić information content (AvgIpc) is 2.21. The molecule has 0 aromatic rings. The summed E-state index contributed by atoms with van der Waals surface area (Å²) in [5.74, 6) is 0. The van der Waals surface area contributed by atoms with E-state index in [0.717, 1.165) is 19.5 Å². The lowest BCUT2D eigenvalue weighted by molar-refractivity contribution is 0.0332. The van der Waals surface area contributed by atoms with Gasteiger partial charge >= 0.3 is 0 Å². The molecule has 4 heteroatoms. The molecule has 0 fully saturated rings. The number of aliphatic hydroxyl groups is 2. The first-order valence-electron chi connectivity index (χ1n) is 7.34. The van der Waals surface area contributed by atoms with Crippen LogP contribution in [0, 0.1) is 0 Å². The largest absolute Gasteiger partial charge is 0.395 e. The fourth-order valence-electron chi connectivity index (χ4n) is 2.75. The van der Waals surface area contributed by atoms with Crippen LogP contribution in [0.4, 0.5) is 0 Å². The second kappa shape index (κ2) is 8.20. The van der Waals surface area contributed by atoms with E-state index < -0.39 is 0 Å². The molecule has 2 N–H and O–H groups in total. The molecule has 0 aliphatic carbocycles. The van der Waals surface area contributed by atoms with Gasteiger partial charge in [-0.1, -0.05) is 0 Å². The summed E-state index contributed by atoms with van der Waals surface area (Å²) in [4.78, 5) is 4.62. The molecule has 19 heavy (non-hydrogen) atoms. The van der Waals surface area contributed by atoms with E-state index in [1.807, 2.05) is 0 Å². The zero-order valence-electron chi connectivity index (χ0n) is 13.7. The molecule has 0 amide bonds. The number of hydrogen-bond donors (Lipinski definition) is 2. The number of hydrogen-bond acceptors (Lipinski definition) is 4. The molecule has 0 unspecified atom stereocenters. The molecule has 0 radical (unpaired) electrons. The van der Waals surface area contributed by atoms with Crippen LogP contribution in [0.3, 0.4) is 0 Å². The van der Waals surface area contributed by atoms with Gasteiger partial charge in [-0.2, -0.15) is 0 Å². The molecule has 0 aromatic carbocycles. The fraction of sp³-hybridized carbons (Fsp3) is 1.00. The molecule has 4 nitrogen and oxygen atoms in total. The van der Waals surface area contributed by atoms with E-state index in [9.17, 15) is 0 Å². The van der Waals surface area contributed by atoms with Crippen LogP contribution >= 0.6 is 0 Å². The SMILES string of the molecule is CC(C)(C)N(CCCN(CCO)CCO)C(C)(C)C. The summed E-state index contributed by atoms with van der Waals surface area (Å²) in [6.45, 7) is 17.0. The minimum atomic E-state index is 0.150. The number of nitrogens with zero attached hydrogens (tertiary/aromatic N) is 2. The van der Waals surface area contributed by atoms with Crippen molar-refractivity contribution in [2.24, 2.45) is 0 Å². The zero-order valence-corrected chi connectivity index (χ0v) is 13.7. The Hall–Kier alpha value is -0.160. The van der Waals surface area contributed by atoms with Gasteiger partial charge in [-0.25, -0.2) is 0 Å². The van der Waals surface area contributed by atoms with Crippen LogP contribution in [0.1, 0.15) is 48.0 Å². The normalized spacial score (nSPS) is 13.6. The third-order valence-corrected chi connectivity index (χ3v) is 3.31. The van der Waals surface area contributed by atoms with Gasteiger partial charge in [0.15, 0.2) is 0 Å². The molecular weight excluding hydrogens is 240 g/mol. The molecule has 0 bridgehead atoms. The Labute approximate surface area is 119 Å². The Bertz CT molecular complexity index is 211. The van der Waals surface area contributed by atoms with Crippen LogP contribution in [0.15, 0.2) is 0 Å². The van der Waals surface area contributed by atoms with E-state index in [-0.39, 0.29) is 24.3 Å². The molecule has 0 heterocycles.